The average Bonchev–Trinajstić information content (AvgIpc) is 2.93. The molecule has 1 atom stereocenters. The van der Waals surface area contributed by atoms with Crippen LogP contribution in [0.15, 0.2) is 24.3 Å². The zero-order valence-electron chi connectivity index (χ0n) is 13.7. The van der Waals surface area contributed by atoms with Gasteiger partial charge in [0.25, 0.3) is 0 Å². The van der Waals surface area contributed by atoms with Crippen LogP contribution in [-0.2, 0) is 9.53 Å². The molecule has 22 heavy (non-hydrogen) atoms. The molecule has 0 aliphatic carbocycles. The molecule has 0 bridgehead atoms. The first-order chi connectivity index (χ1) is 10.7. The fourth-order valence-electron chi connectivity index (χ4n) is 3.95. The summed E-state index contributed by atoms with van der Waals surface area (Å²) in [6.07, 6.45) is 4.15. The van der Waals surface area contributed by atoms with Gasteiger partial charge in [-0.05, 0) is 51.3 Å². The monoisotopic (exact) mass is 302 g/mol. The van der Waals surface area contributed by atoms with E-state index in [1.165, 1.54) is 5.56 Å². The second kappa shape index (κ2) is 6.39. The van der Waals surface area contributed by atoms with E-state index >= 15 is 0 Å². The summed E-state index contributed by atoms with van der Waals surface area (Å²) >= 11 is 0. The molecule has 1 spiro atoms. The van der Waals surface area contributed by atoms with E-state index in [0.717, 1.165) is 51.0 Å². The molecule has 0 aromatic heterocycles. The third-order valence-electron chi connectivity index (χ3n) is 5.15. The Morgan fingerprint density at radius 2 is 1.82 bits per heavy atom. The molecule has 2 heterocycles. The van der Waals surface area contributed by atoms with Crippen molar-refractivity contribution in [2.75, 3.05) is 38.3 Å². The zero-order chi connectivity index (χ0) is 15.6. The van der Waals surface area contributed by atoms with Crippen molar-refractivity contribution >= 4 is 11.6 Å². The van der Waals surface area contributed by atoms with Gasteiger partial charge < -0.3 is 9.64 Å². The Morgan fingerprint density at radius 3 is 2.50 bits per heavy atom. The van der Waals surface area contributed by atoms with Crippen molar-refractivity contribution < 1.29 is 9.53 Å². The largest absolute Gasteiger partial charge is 0.383 e. The first-order valence-electron chi connectivity index (χ1n) is 8.30. The molecule has 2 fully saturated rings. The van der Waals surface area contributed by atoms with Gasteiger partial charge in [-0.25, -0.2) is 0 Å². The van der Waals surface area contributed by atoms with Crippen LogP contribution in [0.2, 0.25) is 0 Å². The van der Waals surface area contributed by atoms with Crippen LogP contribution in [0.25, 0.3) is 0 Å². The smallest absolute Gasteiger partial charge is 0.247 e. The summed E-state index contributed by atoms with van der Waals surface area (Å²) in [5, 5.41) is 0. The Hall–Kier alpha value is -1.39. The maximum atomic E-state index is 13.3. The van der Waals surface area contributed by atoms with Gasteiger partial charge in [0.1, 0.15) is 5.54 Å². The minimum Gasteiger partial charge on any atom is -0.383 e. The lowest BCUT2D eigenvalue weighted by molar-refractivity contribution is -0.131. The van der Waals surface area contributed by atoms with Crippen LogP contribution in [-0.4, -0.2) is 49.7 Å². The molecule has 120 valence electrons. The van der Waals surface area contributed by atoms with Crippen LogP contribution in [0.5, 0.6) is 0 Å². The van der Waals surface area contributed by atoms with Crippen LogP contribution < -0.4 is 4.90 Å². The fourth-order valence-corrected chi connectivity index (χ4v) is 3.95. The summed E-state index contributed by atoms with van der Waals surface area (Å²) in [6, 6.07) is 8.31. The standard InChI is InChI=1S/C18H26N2O2/c1-15-5-7-16(8-6-15)20-12-4-10-18(17(20)21)9-3-11-19(18)13-14-22-2/h5-8H,3-4,9-14H2,1-2H3. The first-order valence-corrected chi connectivity index (χ1v) is 8.30. The SMILES string of the molecule is COCCN1CCCC12CCCN(c1ccc(C)cc1)C2=O. The number of carbonyl (C=O) groups is 1. The number of nitrogens with zero attached hydrogens (tertiary/aromatic N) is 2. The second-order valence-electron chi connectivity index (χ2n) is 6.51. The molecule has 1 unspecified atom stereocenters. The van der Waals surface area contributed by atoms with E-state index in [-0.39, 0.29) is 11.4 Å². The van der Waals surface area contributed by atoms with E-state index in [1.54, 1.807) is 7.11 Å². The highest BCUT2D eigenvalue weighted by Crippen LogP contribution is 2.39. The zero-order valence-corrected chi connectivity index (χ0v) is 13.7. The van der Waals surface area contributed by atoms with Crippen LogP contribution in [0.1, 0.15) is 31.2 Å². The van der Waals surface area contributed by atoms with Crippen molar-refractivity contribution in [2.24, 2.45) is 0 Å². The van der Waals surface area contributed by atoms with Gasteiger partial charge in [0.15, 0.2) is 0 Å². The number of hydrogen-bond donors (Lipinski definition) is 0. The molecule has 0 radical (unpaired) electrons. The summed E-state index contributed by atoms with van der Waals surface area (Å²) in [5.41, 5.74) is 1.97. The molecule has 4 heteroatoms. The number of amides is 1. The normalized spacial score (nSPS) is 26.1. The number of piperidine rings is 1. The van der Waals surface area contributed by atoms with Gasteiger partial charge in [-0.15, -0.1) is 0 Å². The maximum Gasteiger partial charge on any atom is 0.247 e. The van der Waals surface area contributed by atoms with Crippen LogP contribution >= 0.6 is 0 Å². The van der Waals surface area contributed by atoms with Gasteiger partial charge in [-0.1, -0.05) is 17.7 Å². The Labute approximate surface area is 133 Å². The Morgan fingerprint density at radius 1 is 1.14 bits per heavy atom. The second-order valence-corrected chi connectivity index (χ2v) is 6.51. The predicted molar refractivity (Wildman–Crippen MR) is 88.2 cm³/mol. The average molecular weight is 302 g/mol. The van der Waals surface area contributed by atoms with Gasteiger partial charge in [-0.3, -0.25) is 9.69 Å². The summed E-state index contributed by atoms with van der Waals surface area (Å²) in [7, 11) is 1.73. The van der Waals surface area contributed by atoms with Crippen molar-refractivity contribution in [1.29, 1.82) is 0 Å². The summed E-state index contributed by atoms with van der Waals surface area (Å²) < 4.78 is 5.23. The quantitative estimate of drug-likeness (QED) is 0.857. The molecule has 2 aliphatic rings. The predicted octanol–water partition coefficient (Wildman–Crippen LogP) is 2.60. The topological polar surface area (TPSA) is 32.8 Å². The van der Waals surface area contributed by atoms with Gasteiger partial charge in [0, 0.05) is 25.9 Å². The molecule has 0 N–H and O–H groups in total. The van der Waals surface area contributed by atoms with Gasteiger partial charge >= 0.3 is 0 Å². The first kappa shape index (κ1) is 15.5. The van der Waals surface area contributed by atoms with Crippen LogP contribution in [0.4, 0.5) is 5.69 Å². The van der Waals surface area contributed by atoms with Crippen molar-refractivity contribution in [1.82, 2.24) is 4.90 Å². The van der Waals surface area contributed by atoms with Crippen molar-refractivity contribution in [3.63, 3.8) is 0 Å². The van der Waals surface area contributed by atoms with Gasteiger partial charge in [0.05, 0.1) is 6.61 Å². The van der Waals surface area contributed by atoms with Gasteiger partial charge in [0.2, 0.25) is 5.91 Å². The molecular formula is C18H26N2O2. The molecule has 1 aromatic carbocycles. The molecule has 3 rings (SSSR count). The number of ether oxygens (including phenoxy) is 1. The number of likely N-dealkylation sites (tertiary alicyclic amines) is 1. The number of benzene rings is 1. The highest BCUT2D eigenvalue weighted by Gasteiger charge is 2.50. The van der Waals surface area contributed by atoms with Crippen molar-refractivity contribution in [2.45, 2.75) is 38.1 Å². The number of hydrogen-bond acceptors (Lipinski definition) is 3. The lowest BCUT2D eigenvalue weighted by Crippen LogP contribution is -2.60. The third kappa shape index (κ3) is 2.66. The Bertz CT molecular complexity index is 528. The minimum absolute atomic E-state index is 0.288. The maximum absolute atomic E-state index is 13.3. The molecule has 2 saturated heterocycles. The summed E-state index contributed by atoms with van der Waals surface area (Å²) in [4.78, 5) is 17.6. The van der Waals surface area contributed by atoms with Crippen molar-refractivity contribution in [3.05, 3.63) is 29.8 Å². The highest BCUT2D eigenvalue weighted by atomic mass is 16.5. The minimum atomic E-state index is -0.290. The Kier molecular flexibility index (Phi) is 4.50. The third-order valence-corrected chi connectivity index (χ3v) is 5.15. The van der Waals surface area contributed by atoms with Gasteiger partial charge in [-0.2, -0.15) is 0 Å². The van der Waals surface area contributed by atoms with E-state index in [0.29, 0.717) is 6.61 Å². The van der Waals surface area contributed by atoms with Crippen LogP contribution in [0, 0.1) is 6.92 Å². The number of methoxy groups -OCH3 is 1. The van der Waals surface area contributed by atoms with E-state index in [2.05, 4.69) is 36.1 Å². The fraction of sp³-hybridized carbons (Fsp3) is 0.611. The number of anilines is 1. The molecule has 1 amide bonds. The summed E-state index contributed by atoms with van der Waals surface area (Å²) in [5.74, 6) is 0.288. The number of aryl methyl sites for hydroxylation is 1. The Balaban J connectivity index is 1.84. The molecule has 0 saturated carbocycles. The van der Waals surface area contributed by atoms with E-state index in [4.69, 9.17) is 4.74 Å². The molecule has 2 aliphatic heterocycles. The molecular weight excluding hydrogens is 276 g/mol. The van der Waals surface area contributed by atoms with Crippen LogP contribution in [0.3, 0.4) is 0 Å². The number of rotatable bonds is 4. The lowest BCUT2D eigenvalue weighted by Gasteiger charge is -2.44. The number of carbonyl (C=O) groups excluding carboxylic acids is 1. The van der Waals surface area contributed by atoms with E-state index in [9.17, 15) is 4.79 Å². The summed E-state index contributed by atoms with van der Waals surface area (Å²) in [6.45, 7) is 5.47. The molecule has 4 nitrogen and oxygen atoms in total. The lowest BCUT2D eigenvalue weighted by atomic mass is 9.85. The van der Waals surface area contributed by atoms with Crippen molar-refractivity contribution in [3.8, 4) is 0 Å². The molecule has 1 aromatic rings. The highest BCUT2D eigenvalue weighted by molar-refractivity contribution is 6.01. The van der Waals surface area contributed by atoms with E-state index in [1.807, 2.05) is 4.90 Å². The van der Waals surface area contributed by atoms with E-state index < -0.39 is 0 Å².